The molecule has 0 aromatic rings. The topological polar surface area (TPSA) is 44.4 Å². The molecule has 2 aliphatic heterocycles. The van der Waals surface area contributed by atoms with E-state index in [0.717, 1.165) is 38.4 Å². The number of hydrogen-bond donors (Lipinski definition) is 2. The molecule has 0 aromatic heterocycles. The lowest BCUT2D eigenvalue weighted by Gasteiger charge is -2.33. The number of carbonyl (C=O) groups excluding carboxylic acids is 1. The number of hydrogen-bond acceptors (Lipinski definition) is 3. The lowest BCUT2D eigenvalue weighted by Crippen LogP contribution is -2.51. The summed E-state index contributed by atoms with van der Waals surface area (Å²) in [6.07, 6.45) is 8.68. The summed E-state index contributed by atoms with van der Waals surface area (Å²) in [5, 5.41) is 6.78. The van der Waals surface area contributed by atoms with Gasteiger partial charge in [0.05, 0.1) is 6.04 Å². The molecule has 2 saturated heterocycles. The summed E-state index contributed by atoms with van der Waals surface area (Å²) in [7, 11) is 0. The van der Waals surface area contributed by atoms with Crippen LogP contribution in [-0.2, 0) is 4.79 Å². The molecule has 3 aliphatic rings. The van der Waals surface area contributed by atoms with Crippen molar-refractivity contribution >= 4 is 5.91 Å². The Bertz CT molecular complexity index is 352. The minimum absolute atomic E-state index is 0.0932. The first kappa shape index (κ1) is 15.3. The molecule has 0 aromatic carbocycles. The van der Waals surface area contributed by atoms with Gasteiger partial charge in [-0.25, -0.2) is 0 Å². The van der Waals surface area contributed by atoms with Gasteiger partial charge < -0.3 is 15.5 Å². The molecule has 2 heterocycles. The van der Waals surface area contributed by atoms with E-state index in [1.807, 2.05) is 0 Å². The molecular formula is C17H31N3O. The molecule has 1 saturated carbocycles. The van der Waals surface area contributed by atoms with Gasteiger partial charge in [-0.1, -0.05) is 19.8 Å². The zero-order chi connectivity index (χ0) is 14.7. The lowest BCUT2D eigenvalue weighted by atomic mass is 9.93. The number of piperidine rings is 1. The highest BCUT2D eigenvalue weighted by Gasteiger charge is 2.42. The summed E-state index contributed by atoms with van der Waals surface area (Å²) in [6.45, 7) is 6.82. The fourth-order valence-corrected chi connectivity index (χ4v) is 4.45. The third-order valence-corrected chi connectivity index (χ3v) is 5.79. The molecule has 3 atom stereocenters. The van der Waals surface area contributed by atoms with Crippen LogP contribution in [0.15, 0.2) is 0 Å². The van der Waals surface area contributed by atoms with Gasteiger partial charge in [0.25, 0.3) is 0 Å². The highest BCUT2D eigenvalue weighted by atomic mass is 16.2. The monoisotopic (exact) mass is 293 g/mol. The van der Waals surface area contributed by atoms with Gasteiger partial charge in [-0.15, -0.1) is 0 Å². The number of carbonyl (C=O) groups is 1. The molecule has 3 fully saturated rings. The van der Waals surface area contributed by atoms with Gasteiger partial charge in [-0.3, -0.25) is 4.79 Å². The normalized spacial score (nSPS) is 34.0. The van der Waals surface area contributed by atoms with Gasteiger partial charge in [0.2, 0.25) is 5.91 Å². The molecule has 21 heavy (non-hydrogen) atoms. The van der Waals surface area contributed by atoms with Crippen LogP contribution in [0, 0.1) is 11.8 Å². The number of fused-ring (bicyclic) bond motifs is 1. The fourth-order valence-electron chi connectivity index (χ4n) is 4.45. The molecule has 120 valence electrons. The zero-order valence-electron chi connectivity index (χ0n) is 13.4. The molecular weight excluding hydrogens is 262 g/mol. The summed E-state index contributed by atoms with van der Waals surface area (Å²) in [6, 6.07) is 0.494. The van der Waals surface area contributed by atoms with Crippen LogP contribution in [-0.4, -0.2) is 49.1 Å². The second-order valence-corrected chi connectivity index (χ2v) is 7.22. The second-order valence-electron chi connectivity index (χ2n) is 7.22. The van der Waals surface area contributed by atoms with Crippen LogP contribution >= 0.6 is 0 Å². The Hall–Kier alpha value is -0.610. The largest absolute Gasteiger partial charge is 0.352 e. The predicted octanol–water partition coefficient (Wildman–Crippen LogP) is 1.76. The number of nitrogens with zero attached hydrogens (tertiary/aromatic N) is 1. The van der Waals surface area contributed by atoms with Crippen LogP contribution in [0.4, 0.5) is 0 Å². The zero-order valence-corrected chi connectivity index (χ0v) is 13.4. The maximum absolute atomic E-state index is 12.5. The Balaban J connectivity index is 1.42. The minimum Gasteiger partial charge on any atom is -0.352 e. The third kappa shape index (κ3) is 3.59. The first-order valence-corrected chi connectivity index (χ1v) is 9.04. The van der Waals surface area contributed by atoms with Crippen LogP contribution in [0.25, 0.3) is 0 Å². The van der Waals surface area contributed by atoms with Crippen molar-refractivity contribution in [2.45, 2.75) is 64.0 Å². The van der Waals surface area contributed by atoms with E-state index >= 15 is 0 Å². The summed E-state index contributed by atoms with van der Waals surface area (Å²) >= 11 is 0. The quantitative estimate of drug-likeness (QED) is 0.812. The van der Waals surface area contributed by atoms with Crippen molar-refractivity contribution in [3.8, 4) is 0 Å². The van der Waals surface area contributed by atoms with Gasteiger partial charge in [0, 0.05) is 19.1 Å². The molecule has 3 rings (SSSR count). The predicted molar refractivity (Wildman–Crippen MR) is 85.1 cm³/mol. The average Bonchev–Trinajstić information content (AvgIpc) is 3.09. The van der Waals surface area contributed by atoms with Crippen molar-refractivity contribution in [2.75, 3.05) is 26.2 Å². The lowest BCUT2D eigenvalue weighted by molar-refractivity contribution is -0.124. The molecule has 0 radical (unpaired) electrons. The Kier molecular flexibility index (Phi) is 5.17. The second kappa shape index (κ2) is 7.10. The van der Waals surface area contributed by atoms with E-state index < -0.39 is 0 Å². The molecule has 4 nitrogen and oxygen atoms in total. The van der Waals surface area contributed by atoms with E-state index in [9.17, 15) is 4.79 Å². The van der Waals surface area contributed by atoms with Gasteiger partial charge >= 0.3 is 0 Å². The summed E-state index contributed by atoms with van der Waals surface area (Å²) < 4.78 is 0. The van der Waals surface area contributed by atoms with Crippen LogP contribution in [0.1, 0.15) is 51.9 Å². The Morgan fingerprint density at radius 3 is 2.81 bits per heavy atom. The van der Waals surface area contributed by atoms with Crippen LogP contribution in [0.3, 0.4) is 0 Å². The maximum atomic E-state index is 12.5. The smallest absolute Gasteiger partial charge is 0.237 e. The Morgan fingerprint density at radius 1 is 1.24 bits per heavy atom. The van der Waals surface area contributed by atoms with Gasteiger partial charge in [0.1, 0.15) is 0 Å². The number of likely N-dealkylation sites (tertiary alicyclic amines) is 1. The third-order valence-electron chi connectivity index (χ3n) is 5.79. The van der Waals surface area contributed by atoms with Gasteiger partial charge in [0.15, 0.2) is 0 Å². The Morgan fingerprint density at radius 2 is 2.05 bits per heavy atom. The standard InChI is InChI=1S/C17H31N3O/c1-2-3-9-20-10-7-14(8-11-20)19-17(21)16-15-6-4-5-13(15)12-18-16/h13-16,18H,2-12H2,1H3,(H,19,21). The van der Waals surface area contributed by atoms with Crippen molar-refractivity contribution in [1.29, 1.82) is 0 Å². The van der Waals surface area contributed by atoms with Crippen LogP contribution in [0.2, 0.25) is 0 Å². The number of nitrogens with one attached hydrogen (secondary N) is 2. The molecule has 3 unspecified atom stereocenters. The summed E-state index contributed by atoms with van der Waals surface area (Å²) in [4.78, 5) is 15.1. The van der Waals surface area contributed by atoms with Crippen LogP contribution in [0.5, 0.6) is 0 Å². The maximum Gasteiger partial charge on any atom is 0.237 e. The minimum atomic E-state index is 0.0932. The molecule has 1 amide bonds. The molecule has 4 heteroatoms. The molecule has 0 bridgehead atoms. The Labute approximate surface area is 129 Å². The SMILES string of the molecule is CCCCN1CCC(NC(=O)C2NCC3CCCC32)CC1. The van der Waals surface area contributed by atoms with E-state index in [1.165, 1.54) is 38.6 Å². The van der Waals surface area contributed by atoms with E-state index in [0.29, 0.717) is 12.0 Å². The highest BCUT2D eigenvalue weighted by molar-refractivity contribution is 5.82. The first-order valence-electron chi connectivity index (χ1n) is 9.04. The van der Waals surface area contributed by atoms with Crippen molar-refractivity contribution in [1.82, 2.24) is 15.5 Å². The fraction of sp³-hybridized carbons (Fsp3) is 0.941. The first-order chi connectivity index (χ1) is 10.3. The average molecular weight is 293 g/mol. The van der Waals surface area contributed by atoms with E-state index in [2.05, 4.69) is 22.5 Å². The van der Waals surface area contributed by atoms with Crippen molar-refractivity contribution in [2.24, 2.45) is 11.8 Å². The van der Waals surface area contributed by atoms with E-state index in [1.54, 1.807) is 0 Å². The van der Waals surface area contributed by atoms with Crippen molar-refractivity contribution < 1.29 is 4.79 Å². The van der Waals surface area contributed by atoms with Gasteiger partial charge in [-0.2, -0.15) is 0 Å². The number of rotatable bonds is 5. The molecule has 0 spiro atoms. The van der Waals surface area contributed by atoms with Crippen molar-refractivity contribution in [3.63, 3.8) is 0 Å². The van der Waals surface area contributed by atoms with Crippen LogP contribution < -0.4 is 10.6 Å². The summed E-state index contributed by atoms with van der Waals surface area (Å²) in [5.74, 6) is 1.64. The molecule has 2 N–H and O–H groups in total. The van der Waals surface area contributed by atoms with Gasteiger partial charge in [-0.05, 0) is 57.0 Å². The molecule has 1 aliphatic carbocycles. The van der Waals surface area contributed by atoms with E-state index in [-0.39, 0.29) is 11.9 Å². The number of amides is 1. The van der Waals surface area contributed by atoms with E-state index in [4.69, 9.17) is 0 Å². The highest BCUT2D eigenvalue weighted by Crippen LogP contribution is 2.37. The van der Waals surface area contributed by atoms with Crippen molar-refractivity contribution in [3.05, 3.63) is 0 Å². The number of unbranched alkanes of at least 4 members (excludes halogenated alkanes) is 1. The summed E-state index contributed by atoms with van der Waals surface area (Å²) in [5.41, 5.74) is 0.